The number of nitrogens with one attached hydrogen (secondary N) is 1. The highest BCUT2D eigenvalue weighted by Gasteiger charge is 2.59. The van der Waals surface area contributed by atoms with Gasteiger partial charge in [0.1, 0.15) is 17.4 Å². The predicted octanol–water partition coefficient (Wildman–Crippen LogP) is 6.14. The van der Waals surface area contributed by atoms with Crippen LogP contribution >= 0.6 is 12.2 Å². The normalized spacial score (nSPS) is 21.6. The predicted molar refractivity (Wildman–Crippen MR) is 154 cm³/mol. The number of carbonyl (C=O) groups is 1. The average Bonchev–Trinajstić information content (AvgIpc) is 3.14. The van der Waals surface area contributed by atoms with Crippen molar-refractivity contribution in [3.63, 3.8) is 0 Å². The van der Waals surface area contributed by atoms with E-state index in [4.69, 9.17) is 22.2 Å². The number of ether oxygens (including phenoxy) is 1. The molecule has 41 heavy (non-hydrogen) atoms. The molecule has 1 amide bonds. The fourth-order valence-corrected chi connectivity index (χ4v) is 6.77. The van der Waals surface area contributed by atoms with Crippen molar-refractivity contribution in [3.05, 3.63) is 47.3 Å². The third-order valence-electron chi connectivity index (χ3n) is 8.56. The Morgan fingerprint density at radius 2 is 2.00 bits per heavy atom. The quantitative estimate of drug-likeness (QED) is 0.391. The van der Waals surface area contributed by atoms with Gasteiger partial charge >= 0.3 is 6.18 Å². The first-order valence-electron chi connectivity index (χ1n) is 14.1. The van der Waals surface area contributed by atoms with E-state index in [2.05, 4.69) is 24.1 Å². The van der Waals surface area contributed by atoms with Crippen molar-refractivity contribution in [2.75, 3.05) is 23.0 Å². The van der Waals surface area contributed by atoms with Crippen molar-refractivity contribution in [2.45, 2.75) is 83.0 Å². The Kier molecular flexibility index (Phi) is 7.76. The van der Waals surface area contributed by atoms with Crippen molar-refractivity contribution in [1.29, 1.82) is 5.26 Å². The summed E-state index contributed by atoms with van der Waals surface area (Å²) in [5.74, 6) is 1.01. The van der Waals surface area contributed by atoms with E-state index in [1.54, 1.807) is 4.90 Å². The summed E-state index contributed by atoms with van der Waals surface area (Å²) in [6.45, 7) is 8.10. The van der Waals surface area contributed by atoms with Gasteiger partial charge in [0.05, 0.1) is 24.1 Å². The molecule has 3 heterocycles. The minimum Gasteiger partial charge on any atom is -0.493 e. The maximum Gasteiger partial charge on any atom is 0.419 e. The number of alkyl halides is 3. The highest BCUT2D eigenvalue weighted by atomic mass is 32.1. The molecule has 0 bridgehead atoms. The molecule has 2 saturated heterocycles. The first-order valence-corrected chi connectivity index (χ1v) is 14.5. The van der Waals surface area contributed by atoms with E-state index in [1.807, 2.05) is 25.1 Å². The standard InChI is InChI=1S/C30H34F3N5O2S/c1-4-20-14-21(6-7-25(20)40-13-9-19-8-12-36-28(2,3)16-19)38-27(41)37(26(39)29(38)10-5-11-29)22-15-23(30(31,32)33)24(17-34)35-18-22/h6-7,14-15,18-19,36H,4-5,8-13,16H2,1-3H3. The smallest absolute Gasteiger partial charge is 0.419 e. The summed E-state index contributed by atoms with van der Waals surface area (Å²) in [5, 5.41) is 12.8. The number of hydrogen-bond acceptors (Lipinski definition) is 6. The number of halogens is 3. The number of nitrogens with zero attached hydrogens (tertiary/aromatic N) is 4. The molecule has 1 atom stereocenters. The Labute approximate surface area is 243 Å². The summed E-state index contributed by atoms with van der Waals surface area (Å²) >= 11 is 5.74. The van der Waals surface area contributed by atoms with Crippen LogP contribution in [0, 0.1) is 17.2 Å². The summed E-state index contributed by atoms with van der Waals surface area (Å²) in [5.41, 5.74) is -1.20. The van der Waals surface area contributed by atoms with Gasteiger partial charge in [0, 0.05) is 11.2 Å². The Bertz CT molecular complexity index is 1400. The van der Waals surface area contributed by atoms with Gasteiger partial charge in [0.2, 0.25) is 0 Å². The third-order valence-corrected chi connectivity index (χ3v) is 8.92. The molecule has 1 aliphatic carbocycles. The Morgan fingerprint density at radius 1 is 1.24 bits per heavy atom. The van der Waals surface area contributed by atoms with Crippen LogP contribution in [-0.4, -0.2) is 40.2 Å². The number of nitriles is 1. The van der Waals surface area contributed by atoms with Gasteiger partial charge in [0.15, 0.2) is 10.8 Å². The molecular formula is C30H34F3N5O2S. The van der Waals surface area contributed by atoms with Crippen molar-refractivity contribution in [3.8, 4) is 11.8 Å². The van der Waals surface area contributed by atoms with Gasteiger partial charge in [-0.3, -0.25) is 9.69 Å². The van der Waals surface area contributed by atoms with E-state index >= 15 is 0 Å². The Morgan fingerprint density at radius 3 is 2.61 bits per heavy atom. The van der Waals surface area contributed by atoms with E-state index in [0.717, 1.165) is 60.7 Å². The first kappa shape index (κ1) is 29.3. The monoisotopic (exact) mass is 585 g/mol. The molecule has 1 saturated carbocycles. The van der Waals surface area contributed by atoms with Gasteiger partial charge in [-0.1, -0.05) is 6.92 Å². The number of thiocarbonyl (C=S) groups is 1. The molecule has 1 unspecified atom stereocenters. The third kappa shape index (κ3) is 5.40. The number of amides is 1. The molecule has 2 aliphatic heterocycles. The van der Waals surface area contributed by atoms with Crippen LogP contribution in [0.5, 0.6) is 5.75 Å². The number of aryl methyl sites for hydroxylation is 1. The van der Waals surface area contributed by atoms with Crippen molar-refractivity contribution < 1.29 is 22.7 Å². The van der Waals surface area contributed by atoms with Crippen LogP contribution in [0.3, 0.4) is 0 Å². The molecule has 2 aromatic rings. The number of aromatic nitrogens is 1. The fraction of sp³-hybridized carbons (Fsp3) is 0.533. The van der Waals surface area contributed by atoms with E-state index in [0.29, 0.717) is 37.5 Å². The Hall–Kier alpha value is -3.23. The molecule has 0 radical (unpaired) electrons. The second-order valence-electron chi connectivity index (χ2n) is 11.8. The van der Waals surface area contributed by atoms with Crippen molar-refractivity contribution >= 4 is 34.6 Å². The maximum atomic E-state index is 13.8. The number of pyridine rings is 1. The Balaban J connectivity index is 1.40. The minimum atomic E-state index is -4.80. The molecule has 11 heteroatoms. The minimum absolute atomic E-state index is 0.0959. The zero-order chi connectivity index (χ0) is 29.6. The number of carbonyl (C=O) groups excluding carboxylic acids is 1. The van der Waals surface area contributed by atoms with Crippen LogP contribution in [0.25, 0.3) is 0 Å². The molecular weight excluding hydrogens is 551 g/mol. The number of hydrogen-bond donors (Lipinski definition) is 1. The molecule has 218 valence electrons. The van der Waals surface area contributed by atoms with Crippen LogP contribution in [0.2, 0.25) is 0 Å². The average molecular weight is 586 g/mol. The molecule has 1 N–H and O–H groups in total. The lowest BCUT2D eigenvalue weighted by molar-refractivity contribution is -0.138. The molecule has 3 aliphatic rings. The van der Waals surface area contributed by atoms with Crippen LogP contribution < -0.4 is 19.9 Å². The van der Waals surface area contributed by atoms with Gasteiger partial charge < -0.3 is 15.0 Å². The molecule has 1 aromatic heterocycles. The van der Waals surface area contributed by atoms with Crippen molar-refractivity contribution in [1.82, 2.24) is 10.3 Å². The number of rotatable bonds is 7. The highest BCUT2D eigenvalue weighted by Crippen LogP contribution is 2.48. The maximum absolute atomic E-state index is 13.8. The zero-order valence-corrected chi connectivity index (χ0v) is 24.3. The summed E-state index contributed by atoms with van der Waals surface area (Å²) in [6.07, 6.45) is 2.07. The summed E-state index contributed by atoms with van der Waals surface area (Å²) in [7, 11) is 0. The lowest BCUT2D eigenvalue weighted by Crippen LogP contribution is -2.55. The lowest BCUT2D eigenvalue weighted by atomic mass is 9.75. The largest absolute Gasteiger partial charge is 0.493 e. The topological polar surface area (TPSA) is 81.5 Å². The van der Waals surface area contributed by atoms with Crippen LogP contribution in [0.15, 0.2) is 30.5 Å². The van der Waals surface area contributed by atoms with Gasteiger partial charge in [-0.15, -0.1) is 0 Å². The SMILES string of the molecule is CCc1cc(N2C(=S)N(c3cnc(C#N)c(C(F)(F)F)c3)C(=O)C23CCC3)ccc1OCCC1CCNC(C)(C)C1. The van der Waals surface area contributed by atoms with E-state index in [-0.39, 0.29) is 22.2 Å². The summed E-state index contributed by atoms with van der Waals surface area (Å²) in [4.78, 5) is 20.4. The van der Waals surface area contributed by atoms with Gasteiger partial charge in [0.25, 0.3) is 5.91 Å². The van der Waals surface area contributed by atoms with E-state index < -0.39 is 23.0 Å². The zero-order valence-electron chi connectivity index (χ0n) is 23.5. The molecule has 7 nitrogen and oxygen atoms in total. The summed E-state index contributed by atoms with van der Waals surface area (Å²) in [6, 6.07) is 7.98. The van der Waals surface area contributed by atoms with Gasteiger partial charge in [-0.25, -0.2) is 4.98 Å². The van der Waals surface area contributed by atoms with Gasteiger partial charge in [-0.2, -0.15) is 18.4 Å². The fourth-order valence-electron chi connectivity index (χ4n) is 6.30. The van der Waals surface area contributed by atoms with Crippen LogP contribution in [0.4, 0.5) is 24.5 Å². The summed E-state index contributed by atoms with van der Waals surface area (Å²) < 4.78 is 47.2. The molecule has 5 rings (SSSR count). The van der Waals surface area contributed by atoms with Gasteiger partial charge in [-0.05, 0) is 113 Å². The molecule has 1 aromatic carbocycles. The lowest BCUT2D eigenvalue weighted by Gasteiger charge is -2.43. The molecule has 1 spiro atoms. The van der Waals surface area contributed by atoms with Crippen LogP contribution in [0.1, 0.15) is 76.1 Å². The second kappa shape index (κ2) is 10.9. The number of benzene rings is 1. The number of piperidine rings is 1. The van der Waals surface area contributed by atoms with E-state index in [9.17, 15) is 18.0 Å². The van der Waals surface area contributed by atoms with Crippen molar-refractivity contribution in [2.24, 2.45) is 5.92 Å². The highest BCUT2D eigenvalue weighted by molar-refractivity contribution is 7.81. The van der Waals surface area contributed by atoms with E-state index in [1.165, 1.54) is 6.07 Å². The first-order chi connectivity index (χ1) is 19.4. The second-order valence-corrected chi connectivity index (χ2v) is 12.2. The molecule has 3 fully saturated rings. The van der Waals surface area contributed by atoms with Crippen LogP contribution in [-0.2, 0) is 17.4 Å². The number of anilines is 2.